The van der Waals surface area contributed by atoms with Gasteiger partial charge in [-0.05, 0) is 73.6 Å². The topological polar surface area (TPSA) is 41.7 Å². The number of ether oxygens (including phenoxy) is 1. The van der Waals surface area contributed by atoms with E-state index in [1.165, 1.54) is 32.5 Å². The summed E-state index contributed by atoms with van der Waals surface area (Å²) < 4.78 is 6.22. The van der Waals surface area contributed by atoms with E-state index in [2.05, 4.69) is 51.6 Å². The fourth-order valence-electron chi connectivity index (χ4n) is 4.22. The third-order valence-corrected chi connectivity index (χ3v) is 5.44. The molecular formula is C17H35N3O. The molecule has 0 aliphatic carbocycles. The normalized spacial score (nSPS) is 33.7. The largest absolute Gasteiger partial charge is 0.368 e. The molecule has 2 unspecified atom stereocenters. The Kier molecular flexibility index (Phi) is 5.04. The van der Waals surface area contributed by atoms with Gasteiger partial charge in [0.05, 0.1) is 11.2 Å². The Labute approximate surface area is 131 Å². The fourth-order valence-corrected chi connectivity index (χ4v) is 4.22. The average Bonchev–Trinajstić information content (AvgIpc) is 2.49. The zero-order valence-corrected chi connectivity index (χ0v) is 14.9. The van der Waals surface area contributed by atoms with Gasteiger partial charge in [0.2, 0.25) is 0 Å². The summed E-state index contributed by atoms with van der Waals surface area (Å²) in [5.41, 5.74) is 6.15. The second-order valence-corrected chi connectivity index (χ2v) is 8.45. The van der Waals surface area contributed by atoms with Crippen molar-refractivity contribution in [1.82, 2.24) is 9.80 Å². The molecule has 2 aliphatic rings. The predicted molar refractivity (Wildman–Crippen MR) is 88.4 cm³/mol. The fraction of sp³-hybridized carbons (Fsp3) is 1.00. The van der Waals surface area contributed by atoms with E-state index in [9.17, 15) is 0 Å². The summed E-state index contributed by atoms with van der Waals surface area (Å²) >= 11 is 0. The van der Waals surface area contributed by atoms with Crippen molar-refractivity contribution >= 4 is 0 Å². The highest BCUT2D eigenvalue weighted by molar-refractivity contribution is 5.04. The lowest BCUT2D eigenvalue weighted by Crippen LogP contribution is -2.49. The first-order valence-corrected chi connectivity index (χ1v) is 8.44. The molecule has 2 fully saturated rings. The number of hydrogen-bond donors (Lipinski definition) is 1. The van der Waals surface area contributed by atoms with E-state index in [1.807, 2.05) is 0 Å². The van der Waals surface area contributed by atoms with Crippen molar-refractivity contribution < 1.29 is 4.74 Å². The number of piperidine rings is 1. The van der Waals surface area contributed by atoms with Crippen molar-refractivity contribution in [2.24, 2.45) is 17.6 Å². The molecule has 0 amide bonds. The standard InChI is InChI=1S/C17H35N3O/c1-16(2)14(15(18)17(3,4)21-16)12-20-9-7-13(8-10-20)11-19(5)6/h13-15H,7-12,18H2,1-6H3. The summed E-state index contributed by atoms with van der Waals surface area (Å²) in [6.45, 7) is 13.4. The maximum atomic E-state index is 6.48. The molecule has 0 bridgehead atoms. The van der Waals surface area contributed by atoms with Crippen LogP contribution in [0.25, 0.3) is 0 Å². The van der Waals surface area contributed by atoms with E-state index in [1.54, 1.807) is 0 Å². The molecule has 4 nitrogen and oxygen atoms in total. The quantitative estimate of drug-likeness (QED) is 0.859. The summed E-state index contributed by atoms with van der Waals surface area (Å²) in [6, 6.07) is 0.118. The third-order valence-electron chi connectivity index (χ3n) is 5.44. The maximum absolute atomic E-state index is 6.48. The lowest BCUT2D eigenvalue weighted by atomic mass is 9.82. The van der Waals surface area contributed by atoms with Crippen molar-refractivity contribution in [3.05, 3.63) is 0 Å². The highest BCUT2D eigenvalue weighted by Gasteiger charge is 2.52. The van der Waals surface area contributed by atoms with Crippen molar-refractivity contribution in [3.63, 3.8) is 0 Å². The van der Waals surface area contributed by atoms with Crippen LogP contribution in [0.5, 0.6) is 0 Å². The van der Waals surface area contributed by atoms with E-state index >= 15 is 0 Å². The Hall–Kier alpha value is -0.160. The summed E-state index contributed by atoms with van der Waals surface area (Å²) in [6.07, 6.45) is 2.62. The van der Waals surface area contributed by atoms with Gasteiger partial charge in [-0.1, -0.05) is 0 Å². The molecule has 2 aliphatic heterocycles. The van der Waals surface area contributed by atoms with Crippen LogP contribution in [0.4, 0.5) is 0 Å². The summed E-state index contributed by atoms with van der Waals surface area (Å²) in [5.74, 6) is 1.27. The lowest BCUT2D eigenvalue weighted by Gasteiger charge is -2.37. The predicted octanol–water partition coefficient (Wildman–Crippen LogP) is 1.79. The minimum absolute atomic E-state index is 0.118. The smallest absolute Gasteiger partial charge is 0.0788 e. The summed E-state index contributed by atoms with van der Waals surface area (Å²) in [7, 11) is 4.34. The van der Waals surface area contributed by atoms with Gasteiger partial charge in [0.25, 0.3) is 0 Å². The molecule has 21 heavy (non-hydrogen) atoms. The van der Waals surface area contributed by atoms with Gasteiger partial charge in [-0.15, -0.1) is 0 Å². The van der Waals surface area contributed by atoms with Gasteiger partial charge >= 0.3 is 0 Å². The molecule has 2 heterocycles. The van der Waals surface area contributed by atoms with Crippen LogP contribution >= 0.6 is 0 Å². The molecule has 0 radical (unpaired) electrons. The van der Waals surface area contributed by atoms with Crippen LogP contribution in [-0.4, -0.2) is 67.3 Å². The van der Waals surface area contributed by atoms with E-state index < -0.39 is 0 Å². The Morgan fingerprint density at radius 1 is 1.10 bits per heavy atom. The van der Waals surface area contributed by atoms with Gasteiger partial charge in [-0.25, -0.2) is 0 Å². The van der Waals surface area contributed by atoms with Crippen LogP contribution in [0, 0.1) is 11.8 Å². The van der Waals surface area contributed by atoms with Gasteiger partial charge in [0.1, 0.15) is 0 Å². The number of hydrogen-bond acceptors (Lipinski definition) is 4. The molecule has 0 aromatic carbocycles. The molecule has 2 atom stereocenters. The van der Waals surface area contributed by atoms with Crippen LogP contribution in [0.2, 0.25) is 0 Å². The second-order valence-electron chi connectivity index (χ2n) is 8.45. The number of likely N-dealkylation sites (tertiary alicyclic amines) is 1. The Bertz CT molecular complexity index is 346. The van der Waals surface area contributed by atoms with E-state index in [0.717, 1.165) is 12.5 Å². The van der Waals surface area contributed by atoms with Crippen LogP contribution < -0.4 is 5.73 Å². The third kappa shape index (κ3) is 3.98. The Morgan fingerprint density at radius 3 is 2.10 bits per heavy atom. The van der Waals surface area contributed by atoms with Crippen molar-refractivity contribution in [1.29, 1.82) is 0 Å². The summed E-state index contributed by atoms with van der Waals surface area (Å²) in [5, 5.41) is 0. The molecule has 124 valence electrons. The van der Waals surface area contributed by atoms with Gasteiger partial charge in [0, 0.05) is 25.0 Å². The Morgan fingerprint density at radius 2 is 1.67 bits per heavy atom. The molecule has 2 saturated heterocycles. The number of nitrogens with two attached hydrogens (primary N) is 1. The molecule has 0 aromatic heterocycles. The van der Waals surface area contributed by atoms with Gasteiger partial charge in [-0.2, -0.15) is 0 Å². The van der Waals surface area contributed by atoms with Crippen LogP contribution in [-0.2, 0) is 4.74 Å². The van der Waals surface area contributed by atoms with Gasteiger partial charge < -0.3 is 20.3 Å². The lowest BCUT2D eigenvalue weighted by molar-refractivity contribution is -0.0789. The van der Waals surface area contributed by atoms with E-state index in [0.29, 0.717) is 5.92 Å². The number of rotatable bonds is 4. The van der Waals surface area contributed by atoms with Crippen molar-refractivity contribution in [2.45, 2.75) is 57.8 Å². The Balaban J connectivity index is 1.88. The van der Waals surface area contributed by atoms with Crippen molar-refractivity contribution in [3.8, 4) is 0 Å². The number of nitrogens with zero attached hydrogens (tertiary/aromatic N) is 2. The second kappa shape index (κ2) is 6.15. The molecule has 0 aromatic rings. The maximum Gasteiger partial charge on any atom is 0.0788 e. The minimum Gasteiger partial charge on any atom is -0.368 e. The highest BCUT2D eigenvalue weighted by atomic mass is 16.5. The molecule has 0 spiro atoms. The molecule has 2 rings (SSSR count). The molecule has 2 N–H and O–H groups in total. The van der Waals surface area contributed by atoms with E-state index in [4.69, 9.17) is 10.5 Å². The highest BCUT2D eigenvalue weighted by Crippen LogP contribution is 2.41. The molecular weight excluding hydrogens is 262 g/mol. The van der Waals surface area contributed by atoms with Crippen molar-refractivity contribution in [2.75, 3.05) is 40.3 Å². The average molecular weight is 297 g/mol. The zero-order valence-electron chi connectivity index (χ0n) is 14.9. The first kappa shape index (κ1) is 17.2. The SMILES string of the molecule is CN(C)CC1CCN(CC2C(N)C(C)(C)OC2(C)C)CC1. The van der Waals surface area contributed by atoms with Crippen LogP contribution in [0.3, 0.4) is 0 Å². The minimum atomic E-state index is -0.211. The molecule has 4 heteroatoms. The first-order valence-electron chi connectivity index (χ1n) is 8.44. The summed E-state index contributed by atoms with van der Waals surface area (Å²) in [4.78, 5) is 4.91. The van der Waals surface area contributed by atoms with Gasteiger partial charge in [-0.3, -0.25) is 0 Å². The zero-order chi connectivity index (χ0) is 15.8. The van der Waals surface area contributed by atoms with Gasteiger partial charge in [0.15, 0.2) is 0 Å². The molecule has 0 saturated carbocycles. The first-order chi connectivity index (χ1) is 9.62. The van der Waals surface area contributed by atoms with Crippen LogP contribution in [0.1, 0.15) is 40.5 Å². The van der Waals surface area contributed by atoms with E-state index in [-0.39, 0.29) is 17.2 Å². The monoisotopic (exact) mass is 297 g/mol. The van der Waals surface area contributed by atoms with Crippen LogP contribution in [0.15, 0.2) is 0 Å².